The van der Waals surface area contributed by atoms with E-state index in [4.69, 9.17) is 0 Å². The van der Waals surface area contributed by atoms with Gasteiger partial charge >= 0.3 is 0 Å². The standard InChI is InChI=1S/C12H22N2S/c1-11(2)14(3)8-7-13-6-4-12-5-9-15-10-12/h5,9-11,13H,4,6-8H2,1-3H3. The van der Waals surface area contributed by atoms with Gasteiger partial charge in [-0.1, -0.05) is 0 Å². The number of thiophene rings is 1. The van der Waals surface area contributed by atoms with Crippen LogP contribution in [0, 0.1) is 0 Å². The van der Waals surface area contributed by atoms with Crippen LogP contribution in [0.5, 0.6) is 0 Å². The van der Waals surface area contributed by atoms with Gasteiger partial charge in [0.2, 0.25) is 0 Å². The summed E-state index contributed by atoms with van der Waals surface area (Å²) < 4.78 is 0. The Morgan fingerprint density at radius 1 is 1.40 bits per heavy atom. The Hall–Kier alpha value is -0.380. The minimum absolute atomic E-state index is 0.642. The molecule has 0 unspecified atom stereocenters. The minimum Gasteiger partial charge on any atom is -0.315 e. The van der Waals surface area contributed by atoms with Crippen molar-refractivity contribution in [3.8, 4) is 0 Å². The second-order valence-corrected chi connectivity index (χ2v) is 4.99. The van der Waals surface area contributed by atoms with Crippen LogP contribution in [0.15, 0.2) is 16.8 Å². The van der Waals surface area contributed by atoms with Crippen LogP contribution in [-0.4, -0.2) is 37.6 Å². The van der Waals surface area contributed by atoms with E-state index in [1.165, 1.54) is 5.56 Å². The zero-order chi connectivity index (χ0) is 11.1. The van der Waals surface area contributed by atoms with E-state index in [1.54, 1.807) is 11.3 Å². The van der Waals surface area contributed by atoms with Gasteiger partial charge in [0.05, 0.1) is 0 Å². The van der Waals surface area contributed by atoms with Crippen molar-refractivity contribution in [3.05, 3.63) is 22.4 Å². The van der Waals surface area contributed by atoms with E-state index < -0.39 is 0 Å². The average Bonchev–Trinajstić information content (AvgIpc) is 2.69. The fourth-order valence-electron chi connectivity index (χ4n) is 1.31. The fraction of sp³-hybridized carbons (Fsp3) is 0.667. The Kier molecular flexibility index (Phi) is 5.91. The van der Waals surface area contributed by atoms with Gasteiger partial charge < -0.3 is 10.2 Å². The molecule has 1 aromatic rings. The van der Waals surface area contributed by atoms with E-state index in [9.17, 15) is 0 Å². The van der Waals surface area contributed by atoms with Crippen molar-refractivity contribution in [2.45, 2.75) is 26.3 Å². The van der Waals surface area contributed by atoms with E-state index >= 15 is 0 Å². The Bertz CT molecular complexity index is 244. The monoisotopic (exact) mass is 226 g/mol. The summed E-state index contributed by atoms with van der Waals surface area (Å²) in [6, 6.07) is 2.84. The molecular formula is C12H22N2S. The van der Waals surface area contributed by atoms with Crippen LogP contribution < -0.4 is 5.32 Å². The zero-order valence-corrected chi connectivity index (χ0v) is 10.8. The summed E-state index contributed by atoms with van der Waals surface area (Å²) in [5.74, 6) is 0. The molecule has 0 spiro atoms. The normalized spacial score (nSPS) is 11.5. The third kappa shape index (κ3) is 5.30. The molecule has 0 saturated carbocycles. The lowest BCUT2D eigenvalue weighted by Gasteiger charge is -2.20. The van der Waals surface area contributed by atoms with E-state index in [0.29, 0.717) is 6.04 Å². The first-order valence-corrected chi connectivity index (χ1v) is 6.56. The molecule has 1 aromatic heterocycles. The van der Waals surface area contributed by atoms with Crippen LogP contribution >= 0.6 is 11.3 Å². The van der Waals surface area contributed by atoms with Crippen LogP contribution in [0.4, 0.5) is 0 Å². The van der Waals surface area contributed by atoms with Gasteiger partial charge in [-0.05, 0) is 56.3 Å². The highest BCUT2D eigenvalue weighted by molar-refractivity contribution is 7.07. The predicted molar refractivity (Wildman–Crippen MR) is 68.7 cm³/mol. The summed E-state index contributed by atoms with van der Waals surface area (Å²) >= 11 is 1.78. The molecule has 86 valence electrons. The first-order valence-electron chi connectivity index (χ1n) is 5.62. The van der Waals surface area contributed by atoms with E-state index in [2.05, 4.69) is 47.9 Å². The summed E-state index contributed by atoms with van der Waals surface area (Å²) in [6.45, 7) is 7.75. The van der Waals surface area contributed by atoms with Crippen molar-refractivity contribution < 1.29 is 0 Å². The minimum atomic E-state index is 0.642. The molecule has 0 bridgehead atoms. The molecule has 15 heavy (non-hydrogen) atoms. The Balaban J connectivity index is 1.98. The molecule has 1 heterocycles. The zero-order valence-electron chi connectivity index (χ0n) is 9.99. The molecule has 0 saturated heterocycles. The highest BCUT2D eigenvalue weighted by Gasteiger charge is 2.01. The van der Waals surface area contributed by atoms with Crippen molar-refractivity contribution in [2.75, 3.05) is 26.7 Å². The second kappa shape index (κ2) is 6.99. The number of hydrogen-bond acceptors (Lipinski definition) is 3. The quantitative estimate of drug-likeness (QED) is 0.717. The van der Waals surface area contributed by atoms with Crippen molar-refractivity contribution in [2.24, 2.45) is 0 Å². The van der Waals surface area contributed by atoms with E-state index in [-0.39, 0.29) is 0 Å². The summed E-state index contributed by atoms with van der Waals surface area (Å²) in [4.78, 5) is 2.36. The van der Waals surface area contributed by atoms with Gasteiger partial charge in [-0.3, -0.25) is 0 Å². The lowest BCUT2D eigenvalue weighted by atomic mass is 10.2. The third-order valence-corrected chi connectivity index (χ3v) is 3.43. The first-order chi connectivity index (χ1) is 7.20. The lowest BCUT2D eigenvalue weighted by Crippen LogP contribution is -2.34. The van der Waals surface area contributed by atoms with Gasteiger partial charge in [-0.25, -0.2) is 0 Å². The van der Waals surface area contributed by atoms with Crippen molar-refractivity contribution in [3.63, 3.8) is 0 Å². The summed E-state index contributed by atoms with van der Waals surface area (Å²) in [7, 11) is 2.17. The van der Waals surface area contributed by atoms with Crippen LogP contribution in [0.3, 0.4) is 0 Å². The van der Waals surface area contributed by atoms with Crippen LogP contribution in [0.2, 0.25) is 0 Å². The largest absolute Gasteiger partial charge is 0.315 e. The summed E-state index contributed by atoms with van der Waals surface area (Å²) in [5, 5.41) is 7.84. The Morgan fingerprint density at radius 2 is 2.20 bits per heavy atom. The van der Waals surface area contributed by atoms with E-state index in [1.807, 2.05) is 0 Å². The van der Waals surface area contributed by atoms with Crippen LogP contribution in [0.1, 0.15) is 19.4 Å². The smallest absolute Gasteiger partial charge is 0.0106 e. The van der Waals surface area contributed by atoms with Gasteiger partial charge in [0, 0.05) is 19.1 Å². The number of nitrogens with zero attached hydrogens (tertiary/aromatic N) is 1. The second-order valence-electron chi connectivity index (χ2n) is 4.21. The van der Waals surface area contributed by atoms with Gasteiger partial charge in [0.15, 0.2) is 0 Å². The van der Waals surface area contributed by atoms with Crippen molar-refractivity contribution in [1.29, 1.82) is 0 Å². The number of hydrogen-bond donors (Lipinski definition) is 1. The Labute approximate surface area is 97.3 Å². The van der Waals surface area contributed by atoms with Crippen molar-refractivity contribution in [1.82, 2.24) is 10.2 Å². The molecule has 0 atom stereocenters. The maximum Gasteiger partial charge on any atom is 0.0106 e. The number of likely N-dealkylation sites (N-methyl/N-ethyl adjacent to an activating group) is 1. The molecule has 0 fully saturated rings. The topological polar surface area (TPSA) is 15.3 Å². The molecule has 0 aliphatic rings. The molecule has 1 N–H and O–H groups in total. The highest BCUT2D eigenvalue weighted by atomic mass is 32.1. The van der Waals surface area contributed by atoms with Gasteiger partial charge in [0.25, 0.3) is 0 Å². The van der Waals surface area contributed by atoms with Gasteiger partial charge in [-0.15, -0.1) is 0 Å². The molecule has 1 rings (SSSR count). The Morgan fingerprint density at radius 3 is 2.80 bits per heavy atom. The molecule has 2 nitrogen and oxygen atoms in total. The van der Waals surface area contributed by atoms with Gasteiger partial charge in [-0.2, -0.15) is 11.3 Å². The molecule has 0 amide bonds. The van der Waals surface area contributed by atoms with Crippen LogP contribution in [-0.2, 0) is 6.42 Å². The first kappa shape index (κ1) is 12.7. The van der Waals surface area contributed by atoms with E-state index in [0.717, 1.165) is 26.1 Å². The highest BCUT2D eigenvalue weighted by Crippen LogP contribution is 2.05. The fourth-order valence-corrected chi connectivity index (χ4v) is 2.01. The number of rotatable bonds is 7. The van der Waals surface area contributed by atoms with Gasteiger partial charge in [0.1, 0.15) is 0 Å². The number of nitrogens with one attached hydrogen (secondary N) is 1. The maximum absolute atomic E-state index is 3.47. The molecule has 3 heteroatoms. The maximum atomic E-state index is 3.47. The summed E-state index contributed by atoms with van der Waals surface area (Å²) in [5.41, 5.74) is 1.45. The molecule has 0 radical (unpaired) electrons. The van der Waals surface area contributed by atoms with Crippen LogP contribution in [0.25, 0.3) is 0 Å². The average molecular weight is 226 g/mol. The van der Waals surface area contributed by atoms with Crippen molar-refractivity contribution >= 4 is 11.3 Å². The molecular weight excluding hydrogens is 204 g/mol. The SMILES string of the molecule is CC(C)N(C)CCNCCc1ccsc1. The molecule has 0 aromatic carbocycles. The molecule has 0 aliphatic heterocycles. The molecule has 0 aliphatic carbocycles. The summed E-state index contributed by atoms with van der Waals surface area (Å²) in [6.07, 6.45) is 1.15. The predicted octanol–water partition coefficient (Wildman–Crippen LogP) is 2.22. The third-order valence-electron chi connectivity index (χ3n) is 2.69. The lowest BCUT2D eigenvalue weighted by molar-refractivity contribution is 0.274.